The molecule has 0 rings (SSSR count). The summed E-state index contributed by atoms with van der Waals surface area (Å²) in [5.41, 5.74) is 0. The fourth-order valence-electron chi connectivity index (χ4n) is 1.06. The van der Waals surface area contributed by atoms with Gasteiger partial charge < -0.3 is 19.8 Å². The molecule has 0 aromatic heterocycles. The van der Waals surface area contributed by atoms with E-state index in [9.17, 15) is 8.42 Å². The third kappa shape index (κ3) is 13.6. The molecule has 0 bridgehead atoms. The van der Waals surface area contributed by atoms with E-state index in [4.69, 9.17) is 19.9 Å². The van der Waals surface area contributed by atoms with Crippen molar-refractivity contribution in [3.8, 4) is 0 Å². The SMILES string of the molecule is COS(=O)(=O)O.C[N+](CCO)(CCO)CCO. The smallest absolute Gasteiger partial charge is 0.391 e. The van der Waals surface area contributed by atoms with Crippen LogP contribution in [-0.2, 0) is 14.6 Å². The average Bonchev–Trinajstić information content (AvgIpc) is 2.18. The highest BCUT2D eigenvalue weighted by molar-refractivity contribution is 7.80. The second kappa shape index (κ2) is 9.71. The second-order valence-corrected chi connectivity index (χ2v) is 4.74. The van der Waals surface area contributed by atoms with E-state index in [1.54, 1.807) is 0 Å². The van der Waals surface area contributed by atoms with Gasteiger partial charge in [0.15, 0.2) is 0 Å². The van der Waals surface area contributed by atoms with Crippen molar-refractivity contribution in [1.82, 2.24) is 0 Å². The third-order valence-corrected chi connectivity index (χ3v) is 2.55. The van der Waals surface area contributed by atoms with Crippen molar-refractivity contribution in [1.29, 1.82) is 0 Å². The van der Waals surface area contributed by atoms with E-state index in [0.29, 0.717) is 24.1 Å². The number of aliphatic hydroxyl groups excluding tert-OH is 3. The Morgan fingerprint density at radius 3 is 1.35 bits per heavy atom. The summed E-state index contributed by atoms with van der Waals surface area (Å²) in [7, 11) is -1.39. The molecule has 0 aliphatic carbocycles. The van der Waals surface area contributed by atoms with Crippen LogP contribution < -0.4 is 0 Å². The number of likely N-dealkylation sites (N-methyl/N-ethyl adjacent to an activating group) is 1. The molecule has 0 aromatic rings. The number of quaternary nitrogens is 1. The Balaban J connectivity index is 0. The van der Waals surface area contributed by atoms with Crippen LogP contribution in [0.15, 0.2) is 0 Å². The van der Waals surface area contributed by atoms with Gasteiger partial charge in [-0.1, -0.05) is 0 Å². The Labute approximate surface area is 102 Å². The largest absolute Gasteiger partial charge is 0.397 e. The van der Waals surface area contributed by atoms with Crippen LogP contribution in [0.1, 0.15) is 0 Å². The lowest BCUT2D eigenvalue weighted by Gasteiger charge is -2.32. The first-order valence-corrected chi connectivity index (χ1v) is 6.30. The number of rotatable bonds is 7. The maximum atomic E-state index is 9.33. The topological polar surface area (TPSA) is 124 Å². The molecule has 0 aliphatic rings. The molecule has 0 radical (unpaired) electrons. The molecule has 0 heterocycles. The summed E-state index contributed by atoms with van der Waals surface area (Å²) < 4.78 is 30.2. The number of hydrogen-bond acceptors (Lipinski definition) is 6. The highest BCUT2D eigenvalue weighted by Gasteiger charge is 2.18. The first-order chi connectivity index (χ1) is 7.74. The molecule has 9 heteroatoms. The zero-order valence-corrected chi connectivity index (χ0v) is 10.9. The minimum atomic E-state index is -4.16. The van der Waals surface area contributed by atoms with Crippen LogP contribution in [0.2, 0.25) is 0 Å². The zero-order chi connectivity index (χ0) is 13.9. The van der Waals surface area contributed by atoms with Gasteiger partial charge in [-0.2, -0.15) is 8.42 Å². The third-order valence-electron chi connectivity index (χ3n) is 2.13. The van der Waals surface area contributed by atoms with Gasteiger partial charge in [-0.25, -0.2) is 0 Å². The number of aliphatic hydroxyl groups is 3. The van der Waals surface area contributed by atoms with Gasteiger partial charge in [-0.05, 0) is 0 Å². The van der Waals surface area contributed by atoms with Gasteiger partial charge in [0, 0.05) is 0 Å². The van der Waals surface area contributed by atoms with Crippen LogP contribution in [0, 0.1) is 0 Å². The van der Waals surface area contributed by atoms with E-state index in [1.165, 1.54) is 0 Å². The van der Waals surface area contributed by atoms with Crippen LogP contribution in [-0.4, -0.2) is 86.4 Å². The van der Waals surface area contributed by atoms with Crippen molar-refractivity contribution in [2.75, 3.05) is 53.6 Å². The van der Waals surface area contributed by atoms with Crippen molar-refractivity contribution >= 4 is 10.4 Å². The van der Waals surface area contributed by atoms with Crippen molar-refractivity contribution in [2.45, 2.75) is 0 Å². The Hall–Kier alpha value is -0.290. The normalized spacial score (nSPS) is 11.9. The van der Waals surface area contributed by atoms with E-state index in [0.717, 1.165) is 7.11 Å². The van der Waals surface area contributed by atoms with Crippen LogP contribution in [0.4, 0.5) is 0 Å². The zero-order valence-electron chi connectivity index (χ0n) is 10.1. The number of nitrogens with zero attached hydrogens (tertiary/aromatic N) is 1. The van der Waals surface area contributed by atoms with Crippen LogP contribution in [0.5, 0.6) is 0 Å². The summed E-state index contributed by atoms with van der Waals surface area (Å²) in [5.74, 6) is 0. The van der Waals surface area contributed by atoms with Crippen LogP contribution in [0.25, 0.3) is 0 Å². The molecule has 0 unspecified atom stereocenters. The van der Waals surface area contributed by atoms with Gasteiger partial charge in [-0.3, -0.25) is 8.74 Å². The van der Waals surface area contributed by atoms with Gasteiger partial charge in [0.05, 0.1) is 34.0 Å². The molecule has 0 spiro atoms. The summed E-state index contributed by atoms with van der Waals surface area (Å²) in [6.07, 6.45) is 0. The standard InChI is InChI=1S/C7H18NO3.CH4O4S/c1-8(2-5-9,3-6-10)4-7-11;1-5-6(2,3)4/h9-11H,2-7H2,1H3;1H3,(H,2,3,4)/q+1;. The maximum absolute atomic E-state index is 9.33. The van der Waals surface area contributed by atoms with Gasteiger partial charge in [0.1, 0.15) is 19.6 Å². The molecule has 0 amide bonds. The van der Waals surface area contributed by atoms with E-state index in [-0.39, 0.29) is 19.8 Å². The molecule has 8 nitrogen and oxygen atoms in total. The molecule has 0 aliphatic heterocycles. The average molecular weight is 276 g/mol. The fourth-order valence-corrected chi connectivity index (χ4v) is 1.06. The molecular weight excluding hydrogens is 254 g/mol. The molecule has 0 aromatic carbocycles. The molecule has 0 fully saturated rings. The molecular formula is C8H22NO7S+. The van der Waals surface area contributed by atoms with Crippen molar-refractivity contribution in [2.24, 2.45) is 0 Å². The lowest BCUT2D eigenvalue weighted by atomic mass is 10.4. The van der Waals surface area contributed by atoms with Crippen molar-refractivity contribution < 1.29 is 37.0 Å². The highest BCUT2D eigenvalue weighted by Crippen LogP contribution is 1.99. The summed E-state index contributed by atoms with van der Waals surface area (Å²) in [5, 5.41) is 26.0. The summed E-state index contributed by atoms with van der Waals surface area (Å²) in [4.78, 5) is 0. The minimum Gasteiger partial charge on any atom is -0.391 e. The summed E-state index contributed by atoms with van der Waals surface area (Å²) in [6, 6.07) is 0. The maximum Gasteiger partial charge on any atom is 0.397 e. The monoisotopic (exact) mass is 276 g/mol. The lowest BCUT2D eigenvalue weighted by molar-refractivity contribution is -0.910. The number of hydrogen-bond donors (Lipinski definition) is 4. The van der Waals surface area contributed by atoms with Crippen molar-refractivity contribution in [3.63, 3.8) is 0 Å². The molecule has 106 valence electrons. The van der Waals surface area contributed by atoms with Gasteiger partial charge in [-0.15, -0.1) is 0 Å². The lowest BCUT2D eigenvalue weighted by Crippen LogP contribution is -2.49. The Bertz CT molecular complexity index is 250. The van der Waals surface area contributed by atoms with E-state index >= 15 is 0 Å². The fraction of sp³-hybridized carbons (Fsp3) is 1.00. The Morgan fingerprint density at radius 2 is 1.24 bits per heavy atom. The minimum absolute atomic E-state index is 0.0938. The van der Waals surface area contributed by atoms with Gasteiger partial charge >= 0.3 is 10.4 Å². The molecule has 0 saturated heterocycles. The summed E-state index contributed by atoms with van der Waals surface area (Å²) in [6.45, 7) is 2.03. The molecule has 0 atom stereocenters. The van der Waals surface area contributed by atoms with E-state index < -0.39 is 10.4 Å². The Morgan fingerprint density at radius 1 is 1.00 bits per heavy atom. The second-order valence-electron chi connectivity index (χ2n) is 3.56. The van der Waals surface area contributed by atoms with E-state index in [1.807, 2.05) is 7.05 Å². The quantitative estimate of drug-likeness (QED) is 0.308. The first-order valence-electron chi connectivity index (χ1n) is 4.94. The molecule has 0 saturated carbocycles. The van der Waals surface area contributed by atoms with Crippen LogP contribution >= 0.6 is 0 Å². The highest BCUT2D eigenvalue weighted by atomic mass is 32.3. The van der Waals surface area contributed by atoms with Gasteiger partial charge in [0.2, 0.25) is 0 Å². The molecule has 17 heavy (non-hydrogen) atoms. The van der Waals surface area contributed by atoms with Crippen LogP contribution in [0.3, 0.4) is 0 Å². The summed E-state index contributed by atoms with van der Waals surface area (Å²) >= 11 is 0. The predicted octanol–water partition coefficient (Wildman–Crippen LogP) is -2.15. The van der Waals surface area contributed by atoms with Crippen molar-refractivity contribution in [3.05, 3.63) is 0 Å². The Kier molecular flexibility index (Phi) is 10.9. The first kappa shape index (κ1) is 19.1. The predicted molar refractivity (Wildman–Crippen MR) is 60.6 cm³/mol. The van der Waals surface area contributed by atoms with E-state index in [2.05, 4.69) is 4.18 Å². The van der Waals surface area contributed by atoms with Gasteiger partial charge in [0.25, 0.3) is 0 Å². The molecule has 4 N–H and O–H groups in total.